The molecule has 0 bridgehead atoms. The molecule has 0 aromatic heterocycles. The molecule has 4 heteroatoms. The number of rotatable bonds is 6. The van der Waals surface area contributed by atoms with E-state index in [1.54, 1.807) is 0 Å². The summed E-state index contributed by atoms with van der Waals surface area (Å²) in [4.78, 5) is 11.0. The van der Waals surface area contributed by atoms with Crippen LogP contribution in [0.3, 0.4) is 0 Å². The summed E-state index contributed by atoms with van der Waals surface area (Å²) in [5.74, 6) is -0.800. The summed E-state index contributed by atoms with van der Waals surface area (Å²) in [5.41, 5.74) is -0.809. The number of aliphatic carboxylic acids is 1. The van der Waals surface area contributed by atoms with Crippen molar-refractivity contribution >= 4 is 21.9 Å². The van der Waals surface area contributed by atoms with E-state index in [2.05, 4.69) is 27.8 Å². The summed E-state index contributed by atoms with van der Waals surface area (Å²) >= 11 is 3.18. The zero-order chi connectivity index (χ0) is 10.5. The van der Waals surface area contributed by atoms with Gasteiger partial charge in [-0.15, -0.1) is 0 Å². The van der Waals surface area contributed by atoms with Gasteiger partial charge in [0.2, 0.25) is 0 Å². The number of nitrogens with one attached hydrogen (secondary N) is 1. The minimum Gasteiger partial charge on any atom is -0.480 e. The third kappa shape index (κ3) is 3.48. The van der Waals surface area contributed by atoms with Gasteiger partial charge in [-0.3, -0.25) is 10.1 Å². The van der Waals surface area contributed by atoms with Gasteiger partial charge in [-0.25, -0.2) is 0 Å². The van der Waals surface area contributed by atoms with Crippen LogP contribution in [-0.4, -0.2) is 23.2 Å². The first-order valence-corrected chi connectivity index (χ1v) is 5.09. The Morgan fingerprint density at radius 3 is 2.23 bits per heavy atom. The van der Waals surface area contributed by atoms with Crippen molar-refractivity contribution in [3.63, 3.8) is 0 Å². The summed E-state index contributed by atoms with van der Waals surface area (Å²) in [5, 5.41) is 12.0. The lowest BCUT2D eigenvalue weighted by atomic mass is 9.93. The van der Waals surface area contributed by atoms with Crippen molar-refractivity contribution in [1.82, 2.24) is 5.32 Å². The lowest BCUT2D eigenvalue weighted by molar-refractivity contribution is -0.145. The van der Waals surface area contributed by atoms with Gasteiger partial charge < -0.3 is 5.11 Å². The first-order valence-electron chi connectivity index (χ1n) is 4.30. The molecule has 0 aromatic rings. The van der Waals surface area contributed by atoms with Crippen LogP contribution in [0.1, 0.15) is 26.7 Å². The predicted molar refractivity (Wildman–Crippen MR) is 57.0 cm³/mol. The molecule has 0 atom stereocenters. The van der Waals surface area contributed by atoms with E-state index >= 15 is 0 Å². The predicted octanol–water partition coefficient (Wildman–Crippen LogP) is 2.13. The van der Waals surface area contributed by atoms with Crippen molar-refractivity contribution in [3.05, 3.63) is 11.1 Å². The quantitative estimate of drug-likeness (QED) is 0.759. The van der Waals surface area contributed by atoms with Crippen molar-refractivity contribution in [1.29, 1.82) is 0 Å². The number of carboxylic acid groups (broad SMARTS) is 1. The number of carbonyl (C=O) groups is 1. The maximum atomic E-state index is 11.0. The highest BCUT2D eigenvalue weighted by atomic mass is 79.9. The number of hydrogen-bond acceptors (Lipinski definition) is 2. The van der Waals surface area contributed by atoms with Gasteiger partial charge >= 0.3 is 5.97 Å². The van der Waals surface area contributed by atoms with Crippen LogP contribution in [-0.2, 0) is 4.79 Å². The first kappa shape index (κ1) is 12.7. The van der Waals surface area contributed by atoms with Gasteiger partial charge in [-0.2, -0.15) is 0 Å². The average molecular weight is 250 g/mol. The molecule has 0 aliphatic carbocycles. The molecule has 0 aromatic carbocycles. The van der Waals surface area contributed by atoms with Crippen LogP contribution in [0, 0.1) is 0 Å². The second-order valence-corrected chi connectivity index (χ2v) is 4.09. The molecule has 0 saturated carbocycles. The average Bonchev–Trinajstić information content (AvgIpc) is 2.06. The first-order chi connectivity index (χ1) is 5.98. The van der Waals surface area contributed by atoms with E-state index in [1.807, 2.05) is 13.8 Å². The van der Waals surface area contributed by atoms with Gasteiger partial charge in [0.1, 0.15) is 5.54 Å². The maximum absolute atomic E-state index is 11.0. The molecule has 0 heterocycles. The Balaban J connectivity index is 4.39. The smallest absolute Gasteiger partial charge is 0.323 e. The van der Waals surface area contributed by atoms with Crippen molar-refractivity contribution in [2.75, 3.05) is 6.54 Å². The Hall–Kier alpha value is -0.350. The van der Waals surface area contributed by atoms with Crippen LogP contribution in [0.4, 0.5) is 0 Å². The van der Waals surface area contributed by atoms with Crippen molar-refractivity contribution < 1.29 is 9.90 Å². The molecular formula is C9H16BrNO2. The third-order valence-electron chi connectivity index (χ3n) is 2.24. The molecule has 2 N–H and O–H groups in total. The van der Waals surface area contributed by atoms with Gasteiger partial charge in [0.15, 0.2) is 0 Å². The van der Waals surface area contributed by atoms with Gasteiger partial charge in [0.05, 0.1) is 0 Å². The summed E-state index contributed by atoms with van der Waals surface area (Å²) < 4.78 is 0.764. The van der Waals surface area contributed by atoms with Gasteiger partial charge in [-0.05, 0) is 12.8 Å². The molecule has 0 spiro atoms. The highest BCUT2D eigenvalue weighted by molar-refractivity contribution is 9.11. The van der Waals surface area contributed by atoms with Crippen LogP contribution in [0.5, 0.6) is 0 Å². The largest absolute Gasteiger partial charge is 0.480 e. The summed E-state index contributed by atoms with van der Waals surface area (Å²) in [6, 6.07) is 0. The zero-order valence-corrected chi connectivity index (χ0v) is 9.65. The zero-order valence-electron chi connectivity index (χ0n) is 8.06. The molecule has 0 saturated heterocycles. The van der Waals surface area contributed by atoms with E-state index < -0.39 is 11.5 Å². The monoisotopic (exact) mass is 249 g/mol. The van der Waals surface area contributed by atoms with Crippen molar-refractivity contribution in [3.8, 4) is 0 Å². The minimum atomic E-state index is -0.809. The Labute approximate surface area is 87.3 Å². The standard InChI is InChI=1S/C9H16BrNO2/c1-4-9(5-2,8(12)13)11-6-7(3)10/h11H,3-6H2,1-2H3,(H,12,13). The van der Waals surface area contributed by atoms with Crippen LogP contribution in [0.15, 0.2) is 11.1 Å². The van der Waals surface area contributed by atoms with Crippen LogP contribution < -0.4 is 5.32 Å². The topological polar surface area (TPSA) is 49.3 Å². The second kappa shape index (κ2) is 5.40. The normalized spacial score (nSPS) is 11.3. The number of halogens is 1. The lowest BCUT2D eigenvalue weighted by Gasteiger charge is -2.27. The van der Waals surface area contributed by atoms with E-state index in [9.17, 15) is 4.79 Å². The Kier molecular flexibility index (Phi) is 5.25. The SMILES string of the molecule is C=C(Br)CNC(CC)(CC)C(=O)O. The molecule has 0 unspecified atom stereocenters. The summed E-state index contributed by atoms with van der Waals surface area (Å²) in [6.45, 7) is 7.85. The molecule has 0 aliphatic heterocycles. The molecule has 0 amide bonds. The molecule has 3 nitrogen and oxygen atoms in total. The molecule has 0 aliphatic rings. The second-order valence-electron chi connectivity index (χ2n) is 2.97. The number of hydrogen-bond donors (Lipinski definition) is 2. The summed E-state index contributed by atoms with van der Waals surface area (Å²) in [7, 11) is 0. The van der Waals surface area contributed by atoms with Crippen LogP contribution >= 0.6 is 15.9 Å². The Morgan fingerprint density at radius 1 is 1.54 bits per heavy atom. The molecule has 0 radical (unpaired) electrons. The summed E-state index contributed by atoms with van der Waals surface area (Å²) in [6.07, 6.45) is 1.14. The van der Waals surface area contributed by atoms with E-state index in [4.69, 9.17) is 5.11 Å². The Bertz CT molecular complexity index is 200. The minimum absolute atomic E-state index is 0.480. The lowest BCUT2D eigenvalue weighted by Crippen LogP contribution is -2.51. The number of carboxylic acids is 1. The van der Waals surface area contributed by atoms with Gasteiger partial charge in [0.25, 0.3) is 0 Å². The van der Waals surface area contributed by atoms with Crippen molar-refractivity contribution in [2.24, 2.45) is 0 Å². The Morgan fingerprint density at radius 2 is 2.00 bits per heavy atom. The van der Waals surface area contributed by atoms with Crippen LogP contribution in [0.25, 0.3) is 0 Å². The van der Waals surface area contributed by atoms with E-state index in [-0.39, 0.29) is 0 Å². The molecule has 0 fully saturated rings. The van der Waals surface area contributed by atoms with E-state index in [0.29, 0.717) is 19.4 Å². The third-order valence-corrected chi connectivity index (χ3v) is 2.52. The molecule has 0 rings (SSSR count). The molecule has 76 valence electrons. The van der Waals surface area contributed by atoms with Gasteiger partial charge in [-0.1, -0.05) is 36.4 Å². The van der Waals surface area contributed by atoms with E-state index in [1.165, 1.54) is 0 Å². The maximum Gasteiger partial charge on any atom is 0.323 e. The fourth-order valence-electron chi connectivity index (χ4n) is 1.14. The van der Waals surface area contributed by atoms with Crippen molar-refractivity contribution in [2.45, 2.75) is 32.2 Å². The van der Waals surface area contributed by atoms with E-state index in [0.717, 1.165) is 4.48 Å². The highest BCUT2D eigenvalue weighted by Crippen LogP contribution is 2.16. The molecular weight excluding hydrogens is 234 g/mol. The van der Waals surface area contributed by atoms with Crippen LogP contribution in [0.2, 0.25) is 0 Å². The fraction of sp³-hybridized carbons (Fsp3) is 0.667. The molecule has 13 heavy (non-hydrogen) atoms. The highest BCUT2D eigenvalue weighted by Gasteiger charge is 2.33. The fourth-order valence-corrected chi connectivity index (χ4v) is 1.28. The van der Waals surface area contributed by atoms with Gasteiger partial charge in [0, 0.05) is 11.0 Å².